The van der Waals surface area contributed by atoms with Crippen molar-refractivity contribution in [3.63, 3.8) is 0 Å². The summed E-state index contributed by atoms with van der Waals surface area (Å²) in [6, 6.07) is 7.56. The smallest absolute Gasteiger partial charge is 0.228 e. The molecule has 1 aliphatic heterocycles. The highest BCUT2D eigenvalue weighted by Gasteiger charge is 2.27. The number of hydrogen-bond acceptors (Lipinski definition) is 3. The fourth-order valence-corrected chi connectivity index (χ4v) is 2.65. The summed E-state index contributed by atoms with van der Waals surface area (Å²) in [4.78, 5) is 22.4. The molecule has 0 unspecified atom stereocenters. The number of aryl methyl sites for hydroxylation is 1. The lowest BCUT2D eigenvalue weighted by Crippen LogP contribution is -2.36. The first-order valence-corrected chi connectivity index (χ1v) is 6.89. The predicted octanol–water partition coefficient (Wildman–Crippen LogP) is 2.92. The molecule has 2 aromatic rings. The van der Waals surface area contributed by atoms with E-state index < -0.39 is 0 Å². The minimum atomic E-state index is 0.0792. The Hall–Kier alpha value is -1.94. The van der Waals surface area contributed by atoms with E-state index in [0.29, 0.717) is 30.2 Å². The first-order chi connectivity index (χ1) is 9.66. The third kappa shape index (κ3) is 2.27. The number of carbonyl (C=O) groups excluding carboxylic acids is 1. The van der Waals surface area contributed by atoms with Crippen molar-refractivity contribution in [3.05, 3.63) is 52.4 Å². The van der Waals surface area contributed by atoms with Crippen molar-refractivity contribution in [1.82, 2.24) is 9.97 Å². The highest BCUT2D eigenvalue weighted by molar-refractivity contribution is 6.31. The van der Waals surface area contributed by atoms with E-state index in [1.165, 1.54) is 6.33 Å². The van der Waals surface area contributed by atoms with Crippen molar-refractivity contribution in [3.8, 4) is 0 Å². The molecule has 1 amide bonds. The molecule has 0 aliphatic carbocycles. The summed E-state index contributed by atoms with van der Waals surface area (Å²) in [5.41, 5.74) is 2.91. The van der Waals surface area contributed by atoms with Crippen LogP contribution < -0.4 is 4.90 Å². The van der Waals surface area contributed by atoms with Gasteiger partial charge in [0.15, 0.2) is 0 Å². The number of fused-ring (bicyclic) bond motifs is 1. The molecule has 1 aromatic heterocycles. The minimum absolute atomic E-state index is 0.0792. The highest BCUT2D eigenvalue weighted by atomic mass is 35.5. The van der Waals surface area contributed by atoms with Crippen LogP contribution in [0.25, 0.3) is 0 Å². The lowest BCUT2D eigenvalue weighted by molar-refractivity contribution is -0.119. The molecule has 0 radical (unpaired) electrons. The van der Waals surface area contributed by atoms with Gasteiger partial charge in [-0.1, -0.05) is 29.8 Å². The lowest BCUT2D eigenvalue weighted by atomic mass is 10.0. The van der Waals surface area contributed by atoms with Gasteiger partial charge in [-0.25, -0.2) is 9.97 Å². The molecule has 0 N–H and O–H groups in total. The van der Waals surface area contributed by atoms with Gasteiger partial charge in [-0.2, -0.15) is 0 Å². The number of nitrogens with zero attached hydrogens (tertiary/aromatic N) is 3. The van der Waals surface area contributed by atoms with Crippen molar-refractivity contribution in [2.75, 3.05) is 4.90 Å². The first kappa shape index (κ1) is 13.1. The molecule has 0 saturated heterocycles. The van der Waals surface area contributed by atoms with Gasteiger partial charge in [0.25, 0.3) is 0 Å². The summed E-state index contributed by atoms with van der Waals surface area (Å²) in [6.45, 7) is 2.39. The molecule has 1 aromatic carbocycles. The molecule has 0 bridgehead atoms. The topological polar surface area (TPSA) is 46.1 Å². The Bertz CT molecular complexity index is 672. The van der Waals surface area contributed by atoms with E-state index in [2.05, 4.69) is 9.97 Å². The second kappa shape index (κ2) is 5.21. The second-order valence-electron chi connectivity index (χ2n) is 4.83. The van der Waals surface area contributed by atoms with E-state index in [4.69, 9.17) is 11.6 Å². The summed E-state index contributed by atoms with van der Waals surface area (Å²) in [5.74, 6) is 0.796. The molecule has 1 aliphatic rings. The van der Waals surface area contributed by atoms with Gasteiger partial charge in [-0.3, -0.25) is 9.69 Å². The lowest BCUT2D eigenvalue weighted by Gasteiger charge is -2.29. The van der Waals surface area contributed by atoms with Crippen molar-refractivity contribution in [1.29, 1.82) is 0 Å². The summed E-state index contributed by atoms with van der Waals surface area (Å²) in [6.07, 6.45) is 2.71. The number of aromatic nitrogens is 2. The molecule has 102 valence electrons. The standard InChI is InChI=1S/C15H14ClN3O/c1-10-12-6-7-14(20)19(15(12)18-9-17-10)8-11-4-2-3-5-13(11)16/h2-5,9H,6-8H2,1H3. The third-order valence-electron chi connectivity index (χ3n) is 3.57. The van der Waals surface area contributed by atoms with E-state index in [-0.39, 0.29) is 5.91 Å². The fraction of sp³-hybridized carbons (Fsp3) is 0.267. The van der Waals surface area contributed by atoms with E-state index in [0.717, 1.165) is 16.8 Å². The molecule has 5 heteroatoms. The molecule has 0 atom stereocenters. The maximum Gasteiger partial charge on any atom is 0.228 e. The average molecular weight is 288 g/mol. The normalized spacial score (nSPS) is 14.3. The monoisotopic (exact) mass is 287 g/mol. The zero-order valence-electron chi connectivity index (χ0n) is 11.1. The van der Waals surface area contributed by atoms with Crippen LogP contribution in [0.15, 0.2) is 30.6 Å². The number of anilines is 1. The quantitative estimate of drug-likeness (QED) is 0.853. The van der Waals surface area contributed by atoms with Crippen molar-refractivity contribution >= 4 is 23.3 Å². The van der Waals surface area contributed by atoms with Crippen LogP contribution in [0.1, 0.15) is 23.2 Å². The molecule has 0 saturated carbocycles. The molecule has 4 nitrogen and oxygen atoms in total. The molecule has 0 spiro atoms. The molecule has 2 heterocycles. The summed E-state index contributed by atoms with van der Waals surface area (Å²) >= 11 is 6.18. The first-order valence-electron chi connectivity index (χ1n) is 6.51. The van der Waals surface area contributed by atoms with Crippen molar-refractivity contribution < 1.29 is 4.79 Å². The third-order valence-corrected chi connectivity index (χ3v) is 3.94. The van der Waals surface area contributed by atoms with Gasteiger partial charge in [0.05, 0.1) is 6.54 Å². The van der Waals surface area contributed by atoms with Gasteiger partial charge in [0, 0.05) is 22.7 Å². The van der Waals surface area contributed by atoms with Gasteiger partial charge in [0.1, 0.15) is 12.1 Å². The Morgan fingerprint density at radius 1 is 1.25 bits per heavy atom. The van der Waals surface area contributed by atoms with E-state index in [1.807, 2.05) is 31.2 Å². The predicted molar refractivity (Wildman–Crippen MR) is 77.7 cm³/mol. The Kier molecular flexibility index (Phi) is 3.40. The van der Waals surface area contributed by atoms with Crippen LogP contribution in [0, 0.1) is 6.92 Å². The van der Waals surface area contributed by atoms with Crippen LogP contribution in [0.4, 0.5) is 5.82 Å². The van der Waals surface area contributed by atoms with Crippen LogP contribution in [-0.2, 0) is 17.8 Å². The number of benzene rings is 1. The summed E-state index contributed by atoms with van der Waals surface area (Å²) < 4.78 is 0. The van der Waals surface area contributed by atoms with Crippen LogP contribution in [0.2, 0.25) is 5.02 Å². The van der Waals surface area contributed by atoms with E-state index >= 15 is 0 Å². The van der Waals surface area contributed by atoms with Gasteiger partial charge in [-0.05, 0) is 25.0 Å². The molecule has 20 heavy (non-hydrogen) atoms. The van der Waals surface area contributed by atoms with Crippen LogP contribution in [-0.4, -0.2) is 15.9 Å². The Balaban J connectivity index is 2.00. The number of amides is 1. The molecule has 0 fully saturated rings. The van der Waals surface area contributed by atoms with Crippen molar-refractivity contribution in [2.24, 2.45) is 0 Å². The van der Waals surface area contributed by atoms with E-state index in [9.17, 15) is 4.79 Å². The Labute approximate surface area is 122 Å². The fourth-order valence-electron chi connectivity index (χ4n) is 2.46. The number of hydrogen-bond donors (Lipinski definition) is 0. The van der Waals surface area contributed by atoms with Gasteiger partial charge in [0.2, 0.25) is 5.91 Å². The summed E-state index contributed by atoms with van der Waals surface area (Å²) in [5, 5.41) is 0.665. The molecular weight excluding hydrogens is 274 g/mol. The maximum atomic E-state index is 12.2. The SMILES string of the molecule is Cc1ncnc2c1CCC(=O)N2Cc1ccccc1Cl. The van der Waals surface area contributed by atoms with Gasteiger partial charge < -0.3 is 0 Å². The maximum absolute atomic E-state index is 12.2. The van der Waals surface area contributed by atoms with Crippen LogP contribution in [0.5, 0.6) is 0 Å². The highest BCUT2D eigenvalue weighted by Crippen LogP contribution is 2.29. The molecular formula is C15H14ClN3O. The number of halogens is 1. The largest absolute Gasteiger partial charge is 0.292 e. The van der Waals surface area contributed by atoms with Crippen LogP contribution >= 0.6 is 11.6 Å². The van der Waals surface area contributed by atoms with Crippen molar-refractivity contribution in [2.45, 2.75) is 26.3 Å². The van der Waals surface area contributed by atoms with Gasteiger partial charge in [-0.15, -0.1) is 0 Å². The Morgan fingerprint density at radius 2 is 2.05 bits per heavy atom. The van der Waals surface area contributed by atoms with Gasteiger partial charge >= 0.3 is 0 Å². The average Bonchev–Trinajstić information content (AvgIpc) is 2.44. The zero-order valence-corrected chi connectivity index (χ0v) is 11.9. The molecule has 3 rings (SSSR count). The van der Waals surface area contributed by atoms with E-state index in [1.54, 1.807) is 4.90 Å². The minimum Gasteiger partial charge on any atom is -0.292 e. The second-order valence-corrected chi connectivity index (χ2v) is 5.24. The summed E-state index contributed by atoms with van der Waals surface area (Å²) in [7, 11) is 0. The number of rotatable bonds is 2. The number of carbonyl (C=O) groups is 1. The zero-order chi connectivity index (χ0) is 14.1. The van der Waals surface area contributed by atoms with Crippen LogP contribution in [0.3, 0.4) is 0 Å². The Morgan fingerprint density at radius 3 is 2.85 bits per heavy atom.